The van der Waals surface area contributed by atoms with Gasteiger partial charge in [0.15, 0.2) is 0 Å². The van der Waals surface area contributed by atoms with E-state index in [2.05, 4.69) is 11.6 Å². The first-order chi connectivity index (χ1) is 6.58. The first-order valence-electron chi connectivity index (χ1n) is 4.89. The number of ketones is 1. The Morgan fingerprint density at radius 3 is 2.43 bits per heavy atom. The Labute approximate surface area is 89.0 Å². The van der Waals surface area contributed by atoms with E-state index in [1.165, 1.54) is 26.2 Å². The Hall–Kier alpha value is -0.510. The maximum absolute atomic E-state index is 11.2. The first kappa shape index (κ1) is 11.6. The Balaban J connectivity index is 2.25. The Kier molecular flexibility index (Phi) is 3.98. The molecule has 0 aromatic rings. The van der Waals surface area contributed by atoms with Crippen LogP contribution in [0.3, 0.4) is 0 Å². The van der Waals surface area contributed by atoms with Gasteiger partial charge < -0.3 is 5.32 Å². The minimum absolute atomic E-state index is 0.0183. The van der Waals surface area contributed by atoms with Gasteiger partial charge in [-0.2, -0.15) is 11.8 Å². The minimum atomic E-state index is -0.141. The van der Waals surface area contributed by atoms with E-state index in [1.54, 1.807) is 0 Å². The molecule has 0 radical (unpaired) electrons. The number of nitrogens with one attached hydrogen (secondary N) is 1. The van der Waals surface area contributed by atoms with Gasteiger partial charge >= 0.3 is 0 Å². The largest absolute Gasteiger partial charge is 0.354 e. The van der Waals surface area contributed by atoms with E-state index in [0.29, 0.717) is 6.54 Å². The number of hydrogen-bond donors (Lipinski definition) is 1. The molecule has 0 unspecified atom stereocenters. The summed E-state index contributed by atoms with van der Waals surface area (Å²) in [6.45, 7) is 2.15. The van der Waals surface area contributed by atoms with Crippen LogP contribution in [-0.2, 0) is 9.59 Å². The fourth-order valence-corrected chi connectivity index (χ4v) is 2.49. The SMILES string of the molecule is CSC1(CNC(=O)CC(C)=O)CCC1. The van der Waals surface area contributed by atoms with Crippen LogP contribution in [0.2, 0.25) is 0 Å². The molecule has 14 heavy (non-hydrogen) atoms. The molecule has 1 fully saturated rings. The molecule has 0 atom stereocenters. The van der Waals surface area contributed by atoms with Crippen LogP contribution in [0.1, 0.15) is 32.6 Å². The summed E-state index contributed by atoms with van der Waals surface area (Å²) >= 11 is 1.82. The topological polar surface area (TPSA) is 46.2 Å². The van der Waals surface area contributed by atoms with Gasteiger partial charge in [-0.05, 0) is 26.0 Å². The predicted molar refractivity (Wildman–Crippen MR) is 58.4 cm³/mol. The summed E-state index contributed by atoms with van der Waals surface area (Å²) in [5.41, 5.74) is 0. The number of hydrogen-bond acceptors (Lipinski definition) is 3. The van der Waals surface area contributed by atoms with Gasteiger partial charge in [0, 0.05) is 11.3 Å². The molecule has 0 bridgehead atoms. The molecule has 3 nitrogen and oxygen atoms in total. The summed E-state index contributed by atoms with van der Waals surface area (Å²) in [5.74, 6) is -0.216. The van der Waals surface area contributed by atoms with Gasteiger partial charge in [-0.3, -0.25) is 9.59 Å². The Morgan fingerprint density at radius 1 is 1.43 bits per heavy atom. The Bertz CT molecular complexity index is 231. The van der Waals surface area contributed by atoms with E-state index in [0.717, 1.165) is 0 Å². The van der Waals surface area contributed by atoms with Crippen LogP contribution in [0, 0.1) is 0 Å². The molecule has 1 aliphatic carbocycles. The highest BCUT2D eigenvalue weighted by atomic mass is 32.2. The molecule has 1 aliphatic rings. The lowest BCUT2D eigenvalue weighted by atomic mass is 9.84. The van der Waals surface area contributed by atoms with Gasteiger partial charge in [0.25, 0.3) is 0 Å². The van der Waals surface area contributed by atoms with E-state index in [-0.39, 0.29) is 22.9 Å². The molecule has 80 valence electrons. The highest BCUT2D eigenvalue weighted by molar-refractivity contribution is 8.00. The first-order valence-corrected chi connectivity index (χ1v) is 6.12. The van der Waals surface area contributed by atoms with Crippen LogP contribution in [0.4, 0.5) is 0 Å². The van der Waals surface area contributed by atoms with Crippen molar-refractivity contribution < 1.29 is 9.59 Å². The van der Waals surface area contributed by atoms with Gasteiger partial charge in [0.2, 0.25) is 5.91 Å². The number of carbonyl (C=O) groups excluding carboxylic acids is 2. The third-order valence-corrected chi connectivity index (χ3v) is 4.13. The maximum atomic E-state index is 11.2. The molecule has 0 aromatic heterocycles. The van der Waals surface area contributed by atoms with Gasteiger partial charge in [0.1, 0.15) is 5.78 Å². The molecule has 0 spiro atoms. The lowest BCUT2D eigenvalue weighted by Gasteiger charge is -2.40. The second kappa shape index (κ2) is 4.82. The van der Waals surface area contributed by atoms with Crippen LogP contribution < -0.4 is 5.32 Å². The van der Waals surface area contributed by atoms with Crippen LogP contribution in [0.5, 0.6) is 0 Å². The number of carbonyl (C=O) groups is 2. The zero-order valence-corrected chi connectivity index (χ0v) is 9.58. The molecule has 1 rings (SSSR count). The van der Waals surface area contributed by atoms with Crippen molar-refractivity contribution in [3.05, 3.63) is 0 Å². The van der Waals surface area contributed by atoms with Crippen LogP contribution in [-0.4, -0.2) is 29.2 Å². The zero-order valence-electron chi connectivity index (χ0n) is 8.76. The average Bonchev–Trinajstić information content (AvgIpc) is 2.01. The van der Waals surface area contributed by atoms with Gasteiger partial charge in [-0.1, -0.05) is 6.42 Å². The van der Waals surface area contributed by atoms with Crippen molar-refractivity contribution in [2.45, 2.75) is 37.4 Å². The number of Topliss-reactive ketones (excluding diaryl/α,β-unsaturated/α-hetero) is 1. The van der Waals surface area contributed by atoms with Crippen molar-refractivity contribution in [2.24, 2.45) is 0 Å². The van der Waals surface area contributed by atoms with Crippen molar-refractivity contribution in [3.8, 4) is 0 Å². The quantitative estimate of drug-likeness (QED) is 0.704. The van der Waals surface area contributed by atoms with Crippen molar-refractivity contribution >= 4 is 23.5 Å². The number of rotatable bonds is 5. The van der Waals surface area contributed by atoms with E-state index >= 15 is 0 Å². The third kappa shape index (κ3) is 3.01. The maximum Gasteiger partial charge on any atom is 0.227 e. The molecular weight excluding hydrogens is 198 g/mol. The second-order valence-electron chi connectivity index (χ2n) is 3.90. The molecule has 4 heteroatoms. The fraction of sp³-hybridized carbons (Fsp3) is 0.800. The number of amides is 1. The van der Waals surface area contributed by atoms with E-state index in [4.69, 9.17) is 0 Å². The van der Waals surface area contributed by atoms with E-state index in [1.807, 2.05) is 11.8 Å². The fourth-order valence-electron chi connectivity index (χ4n) is 1.57. The summed E-state index contributed by atoms with van der Waals surface area (Å²) in [5, 5.41) is 2.83. The highest BCUT2D eigenvalue weighted by Gasteiger charge is 2.36. The molecule has 0 aromatic carbocycles. The van der Waals surface area contributed by atoms with Crippen LogP contribution >= 0.6 is 11.8 Å². The van der Waals surface area contributed by atoms with Crippen LogP contribution in [0.25, 0.3) is 0 Å². The summed E-state index contributed by atoms with van der Waals surface area (Å²) in [7, 11) is 0. The smallest absolute Gasteiger partial charge is 0.227 e. The van der Waals surface area contributed by atoms with Gasteiger partial charge in [-0.25, -0.2) is 0 Å². The molecule has 0 aliphatic heterocycles. The molecular formula is C10H17NO2S. The van der Waals surface area contributed by atoms with Crippen molar-refractivity contribution in [1.29, 1.82) is 0 Å². The second-order valence-corrected chi connectivity index (χ2v) is 5.17. The minimum Gasteiger partial charge on any atom is -0.354 e. The van der Waals surface area contributed by atoms with E-state index < -0.39 is 0 Å². The molecule has 0 saturated heterocycles. The van der Waals surface area contributed by atoms with Crippen molar-refractivity contribution in [2.75, 3.05) is 12.8 Å². The highest BCUT2D eigenvalue weighted by Crippen LogP contribution is 2.42. The van der Waals surface area contributed by atoms with Crippen molar-refractivity contribution in [3.63, 3.8) is 0 Å². The summed E-state index contributed by atoms with van der Waals surface area (Å²) in [6, 6.07) is 0. The monoisotopic (exact) mass is 215 g/mol. The van der Waals surface area contributed by atoms with Crippen molar-refractivity contribution in [1.82, 2.24) is 5.32 Å². The third-order valence-electron chi connectivity index (χ3n) is 2.72. The van der Waals surface area contributed by atoms with Gasteiger partial charge in [-0.15, -0.1) is 0 Å². The van der Waals surface area contributed by atoms with Crippen LogP contribution in [0.15, 0.2) is 0 Å². The summed E-state index contributed by atoms with van der Waals surface area (Å²) in [4.78, 5) is 21.9. The molecule has 1 saturated carbocycles. The standard InChI is InChI=1S/C10H17NO2S/c1-8(12)6-9(13)11-7-10(14-2)4-3-5-10/h3-7H2,1-2H3,(H,11,13). The average molecular weight is 215 g/mol. The predicted octanol–water partition coefficient (Wildman–Crippen LogP) is 1.37. The molecule has 0 heterocycles. The molecule has 1 amide bonds. The summed E-state index contributed by atoms with van der Waals surface area (Å²) < 4.78 is 0.256. The lowest BCUT2D eigenvalue weighted by Crippen LogP contribution is -2.45. The molecule has 1 N–H and O–H groups in total. The van der Waals surface area contributed by atoms with E-state index in [9.17, 15) is 9.59 Å². The lowest BCUT2D eigenvalue weighted by molar-refractivity contribution is -0.127. The normalized spacial score (nSPS) is 18.4. The summed E-state index contributed by atoms with van der Waals surface area (Å²) in [6.07, 6.45) is 5.70. The zero-order chi connectivity index (χ0) is 10.6. The number of thioether (sulfide) groups is 1. The van der Waals surface area contributed by atoms with Gasteiger partial charge in [0.05, 0.1) is 6.42 Å². The Morgan fingerprint density at radius 2 is 2.07 bits per heavy atom.